The summed E-state index contributed by atoms with van der Waals surface area (Å²) < 4.78 is 15.6. The van der Waals surface area contributed by atoms with Crippen molar-refractivity contribution in [2.75, 3.05) is 13.2 Å². The quantitative estimate of drug-likeness (QED) is 0.823. The highest BCUT2D eigenvalue weighted by Crippen LogP contribution is 2.35. The molecule has 0 atom stereocenters. The van der Waals surface area contributed by atoms with Gasteiger partial charge in [0.2, 0.25) is 5.71 Å². The Bertz CT molecular complexity index is 684. The van der Waals surface area contributed by atoms with Crippen molar-refractivity contribution >= 4 is 17.5 Å². The van der Waals surface area contributed by atoms with Crippen LogP contribution in [0.4, 0.5) is 4.39 Å². The summed E-state index contributed by atoms with van der Waals surface area (Å²) in [7, 11) is 0. The highest BCUT2D eigenvalue weighted by atomic mass is 19.1. The third-order valence-corrected chi connectivity index (χ3v) is 3.74. The predicted octanol–water partition coefficient (Wildman–Crippen LogP) is 2.35. The van der Waals surface area contributed by atoms with E-state index in [1.54, 1.807) is 12.3 Å². The number of allylic oxidation sites excluding steroid dienone is 1. The molecule has 3 nitrogen and oxygen atoms in total. The van der Waals surface area contributed by atoms with Gasteiger partial charge in [-0.15, -0.1) is 0 Å². The van der Waals surface area contributed by atoms with E-state index in [2.05, 4.69) is 9.57 Å². The Kier molecular flexibility index (Phi) is 3.32. The number of aliphatic hydroxyl groups is 1. The molecule has 0 aromatic heterocycles. The molecular weight excluding hydrogens is 255 g/mol. The lowest BCUT2D eigenvalue weighted by molar-refractivity contribution is -0.439. The molecule has 0 radical (unpaired) electrons. The minimum atomic E-state index is -0.246. The molecule has 1 aromatic carbocycles. The van der Waals surface area contributed by atoms with Crippen molar-refractivity contribution in [2.45, 2.75) is 13.3 Å². The molecular formula is C16H16FN2O+. The average Bonchev–Trinajstić information content (AvgIpc) is 2.73. The lowest BCUT2D eigenvalue weighted by atomic mass is 10.0. The van der Waals surface area contributed by atoms with E-state index in [4.69, 9.17) is 0 Å². The van der Waals surface area contributed by atoms with Gasteiger partial charge >= 0.3 is 0 Å². The average molecular weight is 271 g/mol. The van der Waals surface area contributed by atoms with Crippen LogP contribution in [0, 0.1) is 5.82 Å². The fourth-order valence-corrected chi connectivity index (χ4v) is 2.87. The van der Waals surface area contributed by atoms with E-state index >= 15 is 0 Å². The van der Waals surface area contributed by atoms with Crippen LogP contribution >= 0.6 is 0 Å². The van der Waals surface area contributed by atoms with Gasteiger partial charge in [-0.05, 0) is 42.7 Å². The summed E-state index contributed by atoms with van der Waals surface area (Å²) in [6, 6.07) is 4.85. The normalized spacial score (nSPS) is 20.8. The molecule has 1 N–H and O–H groups in total. The van der Waals surface area contributed by atoms with Gasteiger partial charge in [0, 0.05) is 12.2 Å². The summed E-state index contributed by atoms with van der Waals surface area (Å²) in [5.41, 5.74) is 5.10. The number of nitrogens with zero attached hydrogens (tertiary/aromatic N) is 2. The van der Waals surface area contributed by atoms with E-state index < -0.39 is 0 Å². The van der Waals surface area contributed by atoms with Gasteiger partial charge in [-0.2, -0.15) is 4.58 Å². The Hall–Kier alpha value is -2.07. The van der Waals surface area contributed by atoms with Gasteiger partial charge in [0.25, 0.3) is 0 Å². The third kappa shape index (κ3) is 2.02. The van der Waals surface area contributed by atoms with Gasteiger partial charge in [0.1, 0.15) is 5.82 Å². The van der Waals surface area contributed by atoms with Crippen LogP contribution in [-0.2, 0) is 0 Å². The van der Waals surface area contributed by atoms with Crippen molar-refractivity contribution in [1.29, 1.82) is 0 Å². The summed E-state index contributed by atoms with van der Waals surface area (Å²) in [5.74, 6) is -0.246. The lowest BCUT2D eigenvalue weighted by Gasteiger charge is -2.04. The molecule has 4 heteroatoms. The zero-order valence-corrected chi connectivity index (χ0v) is 11.3. The molecule has 0 fully saturated rings. The second kappa shape index (κ2) is 5.13. The summed E-state index contributed by atoms with van der Waals surface area (Å²) >= 11 is 0. The summed E-state index contributed by atoms with van der Waals surface area (Å²) in [4.78, 5) is 4.07. The largest absolute Gasteiger partial charge is 0.396 e. The maximum Gasteiger partial charge on any atom is 0.216 e. The smallest absolute Gasteiger partial charge is 0.216 e. The van der Waals surface area contributed by atoms with Crippen LogP contribution in [0.15, 0.2) is 41.2 Å². The summed E-state index contributed by atoms with van der Waals surface area (Å²) in [6.45, 7) is 2.79. The first-order valence-electron chi connectivity index (χ1n) is 6.65. The first-order valence-corrected chi connectivity index (χ1v) is 6.65. The van der Waals surface area contributed by atoms with Gasteiger partial charge < -0.3 is 5.11 Å². The van der Waals surface area contributed by atoms with Gasteiger partial charge in [-0.1, -0.05) is 0 Å². The van der Waals surface area contributed by atoms with Crippen molar-refractivity contribution in [2.24, 2.45) is 4.99 Å². The first-order chi connectivity index (χ1) is 9.72. The molecule has 2 aliphatic rings. The Morgan fingerprint density at radius 3 is 2.90 bits per heavy atom. The molecule has 1 aromatic rings. The molecule has 1 heterocycles. The van der Waals surface area contributed by atoms with E-state index in [1.165, 1.54) is 6.07 Å². The topological polar surface area (TPSA) is 35.6 Å². The minimum absolute atomic E-state index is 0.0627. The SMILES string of the molecule is CC1=C(CCO)c2cc(F)ccc2/C1=[N+]1\C=CN=CC1. The molecule has 0 saturated heterocycles. The Labute approximate surface area is 117 Å². The maximum atomic E-state index is 13.5. The van der Waals surface area contributed by atoms with Crippen molar-refractivity contribution in [3.8, 4) is 0 Å². The van der Waals surface area contributed by atoms with E-state index in [-0.39, 0.29) is 12.4 Å². The van der Waals surface area contributed by atoms with Crippen molar-refractivity contribution in [3.05, 3.63) is 53.1 Å². The number of benzene rings is 1. The molecule has 0 unspecified atom stereocenters. The van der Waals surface area contributed by atoms with Crippen molar-refractivity contribution in [3.63, 3.8) is 0 Å². The van der Waals surface area contributed by atoms with Crippen LogP contribution in [-0.4, -0.2) is 34.8 Å². The maximum absolute atomic E-state index is 13.5. The summed E-state index contributed by atoms with van der Waals surface area (Å²) in [5, 5.41) is 9.25. The molecule has 0 bridgehead atoms. The van der Waals surface area contributed by atoms with E-state index in [9.17, 15) is 9.50 Å². The summed E-state index contributed by atoms with van der Waals surface area (Å²) in [6.07, 6.45) is 6.05. The second-order valence-corrected chi connectivity index (χ2v) is 4.90. The standard InChI is InChI=1S/C16H16FN2O/c1-11-13(4-9-20)15-10-12(17)2-3-14(15)16(11)19-7-5-18-6-8-19/h2-3,5-7,10,20H,4,8-9H2,1H3/q+1/b19-16+. The Morgan fingerprint density at radius 1 is 1.35 bits per heavy atom. The number of halogens is 1. The minimum Gasteiger partial charge on any atom is -0.396 e. The van der Waals surface area contributed by atoms with Crippen molar-refractivity contribution < 1.29 is 14.1 Å². The van der Waals surface area contributed by atoms with Gasteiger partial charge in [-0.3, -0.25) is 4.99 Å². The highest BCUT2D eigenvalue weighted by molar-refractivity contribution is 6.21. The molecule has 20 heavy (non-hydrogen) atoms. The number of rotatable bonds is 2. The third-order valence-electron chi connectivity index (χ3n) is 3.74. The van der Waals surface area contributed by atoms with Crippen LogP contribution in [0.3, 0.4) is 0 Å². The van der Waals surface area contributed by atoms with Gasteiger partial charge in [0.05, 0.1) is 18.0 Å². The van der Waals surface area contributed by atoms with Crippen LogP contribution < -0.4 is 0 Å². The number of hydrogen-bond acceptors (Lipinski definition) is 2. The van der Waals surface area contributed by atoms with E-state index in [1.807, 2.05) is 25.4 Å². The number of fused-ring (bicyclic) bond motifs is 1. The first kappa shape index (κ1) is 12.9. The predicted molar refractivity (Wildman–Crippen MR) is 77.6 cm³/mol. The van der Waals surface area contributed by atoms with Crippen LogP contribution in [0.1, 0.15) is 24.5 Å². The van der Waals surface area contributed by atoms with Gasteiger partial charge in [0.15, 0.2) is 12.7 Å². The molecule has 0 saturated carbocycles. The molecule has 0 amide bonds. The van der Waals surface area contributed by atoms with Gasteiger partial charge in [-0.25, -0.2) is 4.39 Å². The van der Waals surface area contributed by atoms with E-state index in [0.29, 0.717) is 13.0 Å². The lowest BCUT2D eigenvalue weighted by Crippen LogP contribution is -2.20. The second-order valence-electron chi connectivity index (χ2n) is 4.90. The molecule has 0 spiro atoms. The molecule has 1 aliphatic carbocycles. The number of hydrogen-bond donors (Lipinski definition) is 1. The van der Waals surface area contributed by atoms with Crippen LogP contribution in [0.2, 0.25) is 0 Å². The Morgan fingerprint density at radius 2 is 2.20 bits per heavy atom. The zero-order chi connectivity index (χ0) is 14.1. The molecule has 102 valence electrons. The molecule has 3 rings (SSSR count). The fourth-order valence-electron chi connectivity index (χ4n) is 2.87. The fraction of sp³-hybridized carbons (Fsp3) is 0.250. The zero-order valence-electron chi connectivity index (χ0n) is 11.3. The molecule has 1 aliphatic heterocycles. The van der Waals surface area contributed by atoms with Crippen LogP contribution in [0.5, 0.6) is 0 Å². The van der Waals surface area contributed by atoms with Crippen LogP contribution in [0.25, 0.3) is 5.57 Å². The number of aliphatic hydroxyl groups excluding tert-OH is 1. The highest BCUT2D eigenvalue weighted by Gasteiger charge is 2.31. The monoisotopic (exact) mass is 271 g/mol. The van der Waals surface area contributed by atoms with E-state index in [0.717, 1.165) is 28.0 Å². The Balaban J connectivity index is 2.22. The van der Waals surface area contributed by atoms with Crippen molar-refractivity contribution in [1.82, 2.24) is 0 Å². The number of aliphatic imine (C=N–C) groups is 1.